The first kappa shape index (κ1) is 14.0. The Kier molecular flexibility index (Phi) is 6.44. The molecule has 0 N–H and O–H groups in total. The lowest BCUT2D eigenvalue weighted by Crippen LogP contribution is -2.37. The maximum Gasteiger partial charge on any atom is 0.0704 e. The lowest BCUT2D eigenvalue weighted by molar-refractivity contribution is 0.190. The summed E-state index contributed by atoms with van der Waals surface area (Å²) in [6, 6.07) is 0. The lowest BCUT2D eigenvalue weighted by atomic mass is 9.97. The average Bonchev–Trinajstić information content (AvgIpc) is 2.26. The molecule has 0 aliphatic carbocycles. The normalized spacial score (nSPS) is 20.7. The number of hydrogen-bond donors (Lipinski definition) is 0. The molecule has 1 fully saturated rings. The molecule has 1 heterocycles. The average molecular weight is 242 g/mol. The van der Waals surface area contributed by atoms with Crippen LogP contribution in [0.15, 0.2) is 4.99 Å². The number of rotatable bonds is 4. The molecular formula is C13H26N2S. The molecule has 1 rings (SSSR count). The molecule has 0 atom stereocenters. The Labute approximate surface area is 105 Å². The molecule has 1 saturated heterocycles. The Morgan fingerprint density at radius 1 is 1.38 bits per heavy atom. The second kappa shape index (κ2) is 7.33. The Bertz CT molecular complexity index is 218. The summed E-state index contributed by atoms with van der Waals surface area (Å²) >= 11 is 1.93. The first-order chi connectivity index (χ1) is 7.67. The third-order valence-electron chi connectivity index (χ3n) is 3.07. The van der Waals surface area contributed by atoms with Gasteiger partial charge in [-0.3, -0.25) is 4.99 Å². The van der Waals surface area contributed by atoms with Crippen molar-refractivity contribution in [3.63, 3.8) is 0 Å². The van der Waals surface area contributed by atoms with Gasteiger partial charge in [0.05, 0.1) is 5.04 Å². The minimum atomic E-state index is 0.735. The summed E-state index contributed by atoms with van der Waals surface area (Å²) in [7, 11) is 1.94. The van der Waals surface area contributed by atoms with E-state index in [9.17, 15) is 0 Å². The Hall–Kier alpha value is -0.0200. The van der Waals surface area contributed by atoms with Gasteiger partial charge in [0.25, 0.3) is 0 Å². The number of nitrogens with zero attached hydrogens (tertiary/aromatic N) is 2. The highest BCUT2D eigenvalue weighted by atomic mass is 32.2. The van der Waals surface area contributed by atoms with Gasteiger partial charge in [0, 0.05) is 19.5 Å². The van der Waals surface area contributed by atoms with Crippen LogP contribution in [0.2, 0.25) is 0 Å². The molecule has 0 unspecified atom stereocenters. The van der Waals surface area contributed by atoms with Crippen LogP contribution in [0, 0.1) is 11.8 Å². The summed E-state index contributed by atoms with van der Waals surface area (Å²) in [5, 5.41) is 1.38. The first-order valence-electron chi connectivity index (χ1n) is 6.49. The van der Waals surface area contributed by atoms with Crippen LogP contribution in [0.3, 0.4) is 0 Å². The summed E-state index contributed by atoms with van der Waals surface area (Å²) in [5.41, 5.74) is 0. The van der Waals surface area contributed by atoms with Gasteiger partial charge in [-0.2, -0.15) is 0 Å². The van der Waals surface area contributed by atoms with Gasteiger partial charge in [-0.15, -0.1) is 11.8 Å². The van der Waals surface area contributed by atoms with E-state index in [2.05, 4.69) is 30.7 Å². The fourth-order valence-electron chi connectivity index (χ4n) is 2.39. The van der Waals surface area contributed by atoms with Crippen molar-refractivity contribution in [2.24, 2.45) is 16.8 Å². The Morgan fingerprint density at radius 3 is 2.44 bits per heavy atom. The summed E-state index contributed by atoms with van der Waals surface area (Å²) in [6.45, 7) is 10.6. The minimum Gasteiger partial charge on any atom is -0.303 e. The van der Waals surface area contributed by atoms with Gasteiger partial charge in [0.15, 0.2) is 0 Å². The predicted octanol–water partition coefficient (Wildman–Crippen LogP) is 3.14. The Morgan fingerprint density at radius 2 is 2.00 bits per heavy atom. The van der Waals surface area contributed by atoms with Crippen molar-refractivity contribution in [1.29, 1.82) is 0 Å². The van der Waals surface area contributed by atoms with Crippen LogP contribution in [0.5, 0.6) is 0 Å². The van der Waals surface area contributed by atoms with Crippen LogP contribution in [-0.4, -0.2) is 42.4 Å². The molecule has 0 amide bonds. The van der Waals surface area contributed by atoms with Crippen LogP contribution < -0.4 is 0 Å². The molecule has 1 aliphatic rings. The molecule has 0 aromatic heterocycles. The van der Waals surface area contributed by atoms with Crippen molar-refractivity contribution in [1.82, 2.24) is 4.90 Å². The van der Waals surface area contributed by atoms with Crippen molar-refractivity contribution in [3.8, 4) is 0 Å². The standard InChI is InChI=1S/C13H26N2S/c1-5-16-13(14-4)12-6-8-15(9-7-12)10-11(2)3/h11-12H,5-10H2,1-4H3. The van der Waals surface area contributed by atoms with Gasteiger partial charge in [-0.25, -0.2) is 0 Å². The summed E-state index contributed by atoms with van der Waals surface area (Å²) in [5.74, 6) is 2.68. The third kappa shape index (κ3) is 4.46. The van der Waals surface area contributed by atoms with Crippen molar-refractivity contribution in [2.75, 3.05) is 32.4 Å². The van der Waals surface area contributed by atoms with Gasteiger partial charge < -0.3 is 4.90 Å². The van der Waals surface area contributed by atoms with E-state index in [0.29, 0.717) is 0 Å². The second-order valence-electron chi connectivity index (χ2n) is 4.96. The molecule has 94 valence electrons. The van der Waals surface area contributed by atoms with Crippen LogP contribution in [0.1, 0.15) is 33.6 Å². The van der Waals surface area contributed by atoms with Gasteiger partial charge in [0.2, 0.25) is 0 Å². The molecule has 0 aromatic rings. The van der Waals surface area contributed by atoms with Crippen molar-refractivity contribution in [2.45, 2.75) is 33.6 Å². The highest BCUT2D eigenvalue weighted by Gasteiger charge is 2.23. The molecule has 2 nitrogen and oxygen atoms in total. The summed E-state index contributed by atoms with van der Waals surface area (Å²) in [6.07, 6.45) is 2.60. The van der Waals surface area contributed by atoms with Crippen LogP contribution in [0.4, 0.5) is 0 Å². The van der Waals surface area contributed by atoms with E-state index in [1.807, 2.05) is 18.8 Å². The lowest BCUT2D eigenvalue weighted by Gasteiger charge is -2.33. The van der Waals surface area contributed by atoms with E-state index in [4.69, 9.17) is 0 Å². The van der Waals surface area contributed by atoms with E-state index in [-0.39, 0.29) is 0 Å². The smallest absolute Gasteiger partial charge is 0.0704 e. The SMILES string of the molecule is CCSC(=NC)C1CCN(CC(C)C)CC1. The van der Waals surface area contributed by atoms with E-state index in [1.165, 1.54) is 37.5 Å². The maximum absolute atomic E-state index is 4.45. The molecule has 0 aromatic carbocycles. The van der Waals surface area contributed by atoms with E-state index < -0.39 is 0 Å². The maximum atomic E-state index is 4.45. The number of piperidine rings is 1. The number of aliphatic imine (C=N–C) groups is 1. The molecule has 0 saturated carbocycles. The zero-order valence-corrected chi connectivity index (χ0v) is 12.0. The Balaban J connectivity index is 2.36. The number of hydrogen-bond acceptors (Lipinski definition) is 3. The highest BCUT2D eigenvalue weighted by molar-refractivity contribution is 8.13. The largest absolute Gasteiger partial charge is 0.303 e. The van der Waals surface area contributed by atoms with Crippen LogP contribution in [0.25, 0.3) is 0 Å². The molecule has 3 heteroatoms. The van der Waals surface area contributed by atoms with Crippen molar-refractivity contribution >= 4 is 16.8 Å². The van der Waals surface area contributed by atoms with Gasteiger partial charge in [0.1, 0.15) is 0 Å². The van der Waals surface area contributed by atoms with Gasteiger partial charge in [-0.05, 0) is 37.6 Å². The fourth-order valence-corrected chi connectivity index (χ4v) is 3.29. The monoisotopic (exact) mass is 242 g/mol. The topological polar surface area (TPSA) is 15.6 Å². The van der Waals surface area contributed by atoms with E-state index in [1.54, 1.807) is 0 Å². The summed E-state index contributed by atoms with van der Waals surface area (Å²) in [4.78, 5) is 7.05. The fraction of sp³-hybridized carbons (Fsp3) is 0.923. The molecule has 0 radical (unpaired) electrons. The third-order valence-corrected chi connectivity index (χ3v) is 4.17. The van der Waals surface area contributed by atoms with Gasteiger partial charge in [-0.1, -0.05) is 20.8 Å². The predicted molar refractivity (Wildman–Crippen MR) is 75.5 cm³/mol. The molecule has 0 spiro atoms. The number of thioether (sulfide) groups is 1. The van der Waals surface area contributed by atoms with Crippen molar-refractivity contribution < 1.29 is 0 Å². The van der Waals surface area contributed by atoms with E-state index >= 15 is 0 Å². The summed E-state index contributed by atoms with van der Waals surface area (Å²) < 4.78 is 0. The number of likely N-dealkylation sites (tertiary alicyclic amines) is 1. The molecule has 1 aliphatic heterocycles. The van der Waals surface area contributed by atoms with Gasteiger partial charge >= 0.3 is 0 Å². The van der Waals surface area contributed by atoms with Crippen molar-refractivity contribution in [3.05, 3.63) is 0 Å². The highest BCUT2D eigenvalue weighted by Crippen LogP contribution is 2.24. The molecule has 0 bridgehead atoms. The van der Waals surface area contributed by atoms with E-state index in [0.717, 1.165) is 17.6 Å². The molecular weight excluding hydrogens is 216 g/mol. The first-order valence-corrected chi connectivity index (χ1v) is 7.47. The van der Waals surface area contributed by atoms with Crippen LogP contribution in [-0.2, 0) is 0 Å². The second-order valence-corrected chi connectivity index (χ2v) is 6.25. The zero-order chi connectivity index (χ0) is 12.0. The van der Waals surface area contributed by atoms with Crippen LogP contribution >= 0.6 is 11.8 Å². The zero-order valence-electron chi connectivity index (χ0n) is 11.2. The molecule has 16 heavy (non-hydrogen) atoms. The minimum absolute atomic E-state index is 0.735. The quantitative estimate of drug-likeness (QED) is 0.556.